The van der Waals surface area contributed by atoms with Crippen molar-refractivity contribution >= 4 is 5.78 Å². The number of hydrogen-bond donors (Lipinski definition) is 0. The van der Waals surface area contributed by atoms with Crippen molar-refractivity contribution in [2.45, 2.75) is 26.2 Å². The average molecular weight is 228 g/mol. The van der Waals surface area contributed by atoms with Crippen LogP contribution >= 0.6 is 0 Å². The summed E-state index contributed by atoms with van der Waals surface area (Å²) in [5.74, 6) is 1.29. The molecule has 0 bridgehead atoms. The summed E-state index contributed by atoms with van der Waals surface area (Å²) >= 11 is 0. The molecule has 17 heavy (non-hydrogen) atoms. The van der Waals surface area contributed by atoms with Gasteiger partial charge < -0.3 is 4.42 Å². The van der Waals surface area contributed by atoms with E-state index in [1.807, 2.05) is 30.3 Å². The van der Waals surface area contributed by atoms with Gasteiger partial charge >= 0.3 is 0 Å². The monoisotopic (exact) mass is 228 g/mol. The van der Waals surface area contributed by atoms with Gasteiger partial charge in [0, 0.05) is 5.56 Å². The molecule has 2 rings (SSSR count). The van der Waals surface area contributed by atoms with E-state index in [-0.39, 0.29) is 5.78 Å². The van der Waals surface area contributed by atoms with Crippen molar-refractivity contribution in [1.82, 2.24) is 0 Å². The second kappa shape index (κ2) is 5.00. The fraction of sp³-hybridized carbons (Fsp3) is 0.267. The predicted molar refractivity (Wildman–Crippen MR) is 67.3 cm³/mol. The summed E-state index contributed by atoms with van der Waals surface area (Å²) < 4.78 is 5.17. The van der Waals surface area contributed by atoms with Crippen molar-refractivity contribution in [2.24, 2.45) is 0 Å². The van der Waals surface area contributed by atoms with Crippen molar-refractivity contribution in [3.63, 3.8) is 0 Å². The maximum absolute atomic E-state index is 11.9. The Labute approximate surface area is 101 Å². The maximum Gasteiger partial charge on any atom is 0.170 e. The number of carbonyl (C=O) groups is 1. The molecule has 88 valence electrons. The number of ketones is 1. The van der Waals surface area contributed by atoms with Crippen molar-refractivity contribution in [1.29, 1.82) is 0 Å². The van der Waals surface area contributed by atoms with Gasteiger partial charge in [-0.1, -0.05) is 38.1 Å². The highest BCUT2D eigenvalue weighted by Gasteiger charge is 2.09. The summed E-state index contributed by atoms with van der Waals surface area (Å²) in [4.78, 5) is 11.9. The largest absolute Gasteiger partial charge is 0.469 e. The van der Waals surface area contributed by atoms with Crippen LogP contribution in [0.15, 0.2) is 47.1 Å². The lowest BCUT2D eigenvalue weighted by molar-refractivity contribution is 0.0987. The van der Waals surface area contributed by atoms with Crippen molar-refractivity contribution in [3.8, 4) is 0 Å². The van der Waals surface area contributed by atoms with E-state index in [1.165, 1.54) is 5.56 Å². The molecule has 0 radical (unpaired) electrons. The molecule has 0 unspecified atom stereocenters. The molecule has 1 heterocycles. The standard InChI is InChI=1S/C15H16O2/c1-11(2)12-5-7-13(8-6-12)15(16)10-14-4-3-9-17-14/h3-9,11H,10H2,1-2H3. The van der Waals surface area contributed by atoms with E-state index >= 15 is 0 Å². The Hall–Kier alpha value is -1.83. The first-order chi connectivity index (χ1) is 8.16. The van der Waals surface area contributed by atoms with Crippen LogP contribution in [0.25, 0.3) is 0 Å². The van der Waals surface area contributed by atoms with E-state index in [0.717, 1.165) is 5.56 Å². The molecule has 0 fully saturated rings. The summed E-state index contributed by atoms with van der Waals surface area (Å²) in [5, 5.41) is 0. The first kappa shape index (κ1) is 11.6. The van der Waals surface area contributed by atoms with Gasteiger partial charge in [-0.05, 0) is 23.6 Å². The van der Waals surface area contributed by atoms with Crippen LogP contribution in [0.1, 0.15) is 41.4 Å². The Morgan fingerprint density at radius 2 is 1.88 bits per heavy atom. The van der Waals surface area contributed by atoms with Gasteiger partial charge in [-0.15, -0.1) is 0 Å². The molecule has 0 aliphatic carbocycles. The molecule has 2 aromatic rings. The Balaban J connectivity index is 2.09. The highest BCUT2D eigenvalue weighted by Crippen LogP contribution is 2.16. The van der Waals surface area contributed by atoms with Gasteiger partial charge in [0.05, 0.1) is 12.7 Å². The Kier molecular flexibility index (Phi) is 3.43. The number of rotatable bonds is 4. The second-order valence-electron chi connectivity index (χ2n) is 4.46. The van der Waals surface area contributed by atoms with Crippen LogP contribution in [0.3, 0.4) is 0 Å². The fourth-order valence-corrected chi connectivity index (χ4v) is 1.73. The lowest BCUT2D eigenvalue weighted by atomic mass is 9.99. The minimum Gasteiger partial charge on any atom is -0.469 e. The zero-order valence-electron chi connectivity index (χ0n) is 10.1. The third-order valence-corrected chi connectivity index (χ3v) is 2.81. The van der Waals surface area contributed by atoms with Crippen LogP contribution < -0.4 is 0 Å². The van der Waals surface area contributed by atoms with E-state index in [4.69, 9.17) is 4.42 Å². The van der Waals surface area contributed by atoms with Gasteiger partial charge in [-0.2, -0.15) is 0 Å². The first-order valence-corrected chi connectivity index (χ1v) is 5.82. The summed E-state index contributed by atoms with van der Waals surface area (Å²) in [6, 6.07) is 11.4. The molecule has 0 amide bonds. The molecule has 2 heteroatoms. The zero-order valence-corrected chi connectivity index (χ0v) is 10.1. The Morgan fingerprint density at radius 1 is 1.18 bits per heavy atom. The summed E-state index contributed by atoms with van der Waals surface area (Å²) in [6.07, 6.45) is 1.92. The molecule has 0 saturated heterocycles. The third kappa shape index (κ3) is 2.84. The SMILES string of the molecule is CC(C)c1ccc(C(=O)Cc2ccco2)cc1. The van der Waals surface area contributed by atoms with Gasteiger partial charge in [0.25, 0.3) is 0 Å². The number of hydrogen-bond acceptors (Lipinski definition) is 2. The number of benzene rings is 1. The highest BCUT2D eigenvalue weighted by molar-refractivity contribution is 5.97. The van der Waals surface area contributed by atoms with Crippen LogP contribution in [0, 0.1) is 0 Å². The van der Waals surface area contributed by atoms with Crippen LogP contribution in [-0.4, -0.2) is 5.78 Å². The summed E-state index contributed by atoms with van der Waals surface area (Å²) in [7, 11) is 0. The molecular weight excluding hydrogens is 212 g/mol. The van der Waals surface area contributed by atoms with Crippen LogP contribution in [0.5, 0.6) is 0 Å². The molecule has 0 saturated carbocycles. The quantitative estimate of drug-likeness (QED) is 0.744. The lowest BCUT2D eigenvalue weighted by Gasteiger charge is -2.05. The van der Waals surface area contributed by atoms with Gasteiger partial charge in [0.1, 0.15) is 5.76 Å². The zero-order chi connectivity index (χ0) is 12.3. The Bertz CT molecular complexity index is 478. The molecule has 1 aromatic carbocycles. The average Bonchev–Trinajstić information content (AvgIpc) is 2.82. The van der Waals surface area contributed by atoms with E-state index in [2.05, 4.69) is 13.8 Å². The lowest BCUT2D eigenvalue weighted by Crippen LogP contribution is -2.03. The van der Waals surface area contributed by atoms with Crippen LogP contribution in [0.4, 0.5) is 0 Å². The Morgan fingerprint density at radius 3 is 2.41 bits per heavy atom. The van der Waals surface area contributed by atoms with E-state index < -0.39 is 0 Å². The minimum absolute atomic E-state index is 0.0928. The van der Waals surface area contributed by atoms with E-state index in [1.54, 1.807) is 12.3 Å². The van der Waals surface area contributed by atoms with Gasteiger partial charge in [-0.25, -0.2) is 0 Å². The van der Waals surface area contributed by atoms with Crippen molar-refractivity contribution < 1.29 is 9.21 Å². The second-order valence-corrected chi connectivity index (χ2v) is 4.46. The van der Waals surface area contributed by atoms with Crippen LogP contribution in [-0.2, 0) is 6.42 Å². The van der Waals surface area contributed by atoms with E-state index in [0.29, 0.717) is 18.1 Å². The number of Topliss-reactive ketones (excluding diaryl/α,β-unsaturated/α-hetero) is 1. The molecule has 0 atom stereocenters. The first-order valence-electron chi connectivity index (χ1n) is 5.82. The number of carbonyl (C=O) groups excluding carboxylic acids is 1. The predicted octanol–water partition coefficient (Wildman–Crippen LogP) is 3.83. The molecule has 0 N–H and O–H groups in total. The third-order valence-electron chi connectivity index (χ3n) is 2.81. The van der Waals surface area contributed by atoms with Crippen molar-refractivity contribution in [3.05, 3.63) is 59.5 Å². The van der Waals surface area contributed by atoms with Gasteiger partial charge in [0.2, 0.25) is 0 Å². The molecule has 0 aliphatic heterocycles. The summed E-state index contributed by atoms with van der Waals surface area (Å²) in [5.41, 5.74) is 1.99. The normalized spacial score (nSPS) is 10.8. The van der Waals surface area contributed by atoms with Gasteiger partial charge in [-0.3, -0.25) is 4.79 Å². The molecule has 0 spiro atoms. The van der Waals surface area contributed by atoms with Crippen LogP contribution in [0.2, 0.25) is 0 Å². The molecule has 2 nitrogen and oxygen atoms in total. The fourth-order valence-electron chi connectivity index (χ4n) is 1.73. The molecule has 1 aromatic heterocycles. The van der Waals surface area contributed by atoms with Crippen molar-refractivity contribution in [2.75, 3.05) is 0 Å². The minimum atomic E-state index is 0.0928. The highest BCUT2D eigenvalue weighted by atomic mass is 16.3. The maximum atomic E-state index is 11.9. The molecule has 0 aliphatic rings. The number of furan rings is 1. The summed E-state index contributed by atoms with van der Waals surface area (Å²) in [6.45, 7) is 4.28. The topological polar surface area (TPSA) is 30.2 Å². The molecular formula is C15H16O2. The smallest absolute Gasteiger partial charge is 0.170 e. The van der Waals surface area contributed by atoms with E-state index in [9.17, 15) is 4.79 Å². The van der Waals surface area contributed by atoms with Gasteiger partial charge in [0.15, 0.2) is 5.78 Å².